The first-order valence-corrected chi connectivity index (χ1v) is 11.0. The van der Waals surface area contributed by atoms with Gasteiger partial charge in [-0.3, -0.25) is 9.59 Å². The molecule has 1 saturated heterocycles. The molecule has 1 fully saturated rings. The summed E-state index contributed by atoms with van der Waals surface area (Å²) in [4.78, 5) is 39.3. The molecule has 1 aromatic rings. The number of rotatable bonds is 9. The summed E-state index contributed by atoms with van der Waals surface area (Å²) in [6.07, 6.45) is -5.12. The number of likely N-dealkylation sites (N-methyl/N-ethyl adjacent to an activating group) is 1. The van der Waals surface area contributed by atoms with Crippen molar-refractivity contribution in [1.29, 1.82) is 0 Å². The van der Waals surface area contributed by atoms with Gasteiger partial charge in [-0.25, -0.2) is 4.79 Å². The average Bonchev–Trinajstić information content (AvgIpc) is 2.78. The third kappa shape index (κ3) is 8.31. The first-order chi connectivity index (χ1) is 16.0. The lowest BCUT2D eigenvalue weighted by atomic mass is 9.95. The zero-order chi connectivity index (χ0) is 25.3. The lowest BCUT2D eigenvalue weighted by Gasteiger charge is -2.32. The highest BCUT2D eigenvalue weighted by Gasteiger charge is 2.33. The molecule has 1 aliphatic heterocycles. The number of likely N-dealkylation sites (tertiary alicyclic amines) is 1. The minimum atomic E-state index is -4.59. The van der Waals surface area contributed by atoms with Crippen LogP contribution in [0.1, 0.15) is 26.7 Å². The van der Waals surface area contributed by atoms with E-state index in [1.807, 2.05) is 13.8 Å². The third-order valence-electron chi connectivity index (χ3n) is 5.05. The molecule has 0 unspecified atom stereocenters. The summed E-state index contributed by atoms with van der Waals surface area (Å²) in [7, 11) is 1.50. The molecular weight excluding hydrogens is 459 g/mol. The van der Waals surface area contributed by atoms with Gasteiger partial charge in [0, 0.05) is 37.8 Å². The van der Waals surface area contributed by atoms with Gasteiger partial charge in [0.15, 0.2) is 18.1 Å². The second-order valence-corrected chi connectivity index (χ2v) is 7.70. The van der Waals surface area contributed by atoms with E-state index in [9.17, 15) is 27.6 Å². The van der Waals surface area contributed by atoms with Crippen molar-refractivity contribution in [2.75, 3.05) is 51.8 Å². The van der Waals surface area contributed by atoms with Crippen molar-refractivity contribution < 1.29 is 41.8 Å². The van der Waals surface area contributed by atoms with E-state index in [0.29, 0.717) is 30.4 Å². The van der Waals surface area contributed by atoms with E-state index < -0.39 is 30.7 Å². The maximum Gasteiger partial charge on any atom is 0.422 e. The van der Waals surface area contributed by atoms with Crippen LogP contribution in [0.5, 0.6) is 11.5 Å². The van der Waals surface area contributed by atoms with E-state index >= 15 is 0 Å². The Morgan fingerprint density at radius 3 is 2.29 bits per heavy atom. The Kier molecular flexibility index (Phi) is 9.82. The smallest absolute Gasteiger partial charge is 0.422 e. The van der Waals surface area contributed by atoms with Crippen molar-refractivity contribution in [3.05, 3.63) is 18.2 Å². The van der Waals surface area contributed by atoms with Crippen LogP contribution in [0, 0.1) is 5.92 Å². The Hall–Kier alpha value is -3.18. The van der Waals surface area contributed by atoms with Crippen LogP contribution in [0.3, 0.4) is 0 Å². The van der Waals surface area contributed by atoms with Crippen LogP contribution in [-0.2, 0) is 14.3 Å². The molecule has 3 amide bonds. The molecule has 190 valence electrons. The molecule has 1 aliphatic rings. The lowest BCUT2D eigenvalue weighted by Crippen LogP contribution is -2.45. The van der Waals surface area contributed by atoms with E-state index in [-0.39, 0.29) is 38.4 Å². The molecule has 1 N–H and O–H groups in total. The van der Waals surface area contributed by atoms with Crippen molar-refractivity contribution in [2.45, 2.75) is 32.9 Å². The number of carbonyl (C=O) groups excluding carboxylic acids is 3. The summed E-state index contributed by atoms with van der Waals surface area (Å²) in [6.45, 7) is 2.92. The highest BCUT2D eigenvalue weighted by Crippen LogP contribution is 2.30. The minimum absolute atomic E-state index is 0.0967. The number of amides is 3. The fourth-order valence-corrected chi connectivity index (χ4v) is 3.48. The largest absolute Gasteiger partial charge is 0.490 e. The standard InChI is InChI=1S/C22H30F3N3O6/c1-4-32-17-7-6-16(12-18(17)33-5-2)26-19(29)13-27(3)20(30)15-8-10-28(11-9-15)21(31)34-14-22(23,24)25/h6-7,12,15H,4-5,8-11,13-14H2,1-3H3,(H,26,29). The number of anilines is 1. The predicted octanol–water partition coefficient (Wildman–Crippen LogP) is 3.29. The van der Waals surface area contributed by atoms with E-state index in [2.05, 4.69) is 10.1 Å². The van der Waals surface area contributed by atoms with Crippen LogP contribution < -0.4 is 14.8 Å². The van der Waals surface area contributed by atoms with Gasteiger partial charge >= 0.3 is 12.3 Å². The number of hydrogen-bond acceptors (Lipinski definition) is 6. The highest BCUT2D eigenvalue weighted by molar-refractivity contribution is 5.95. The Morgan fingerprint density at radius 2 is 1.71 bits per heavy atom. The quantitative estimate of drug-likeness (QED) is 0.572. The van der Waals surface area contributed by atoms with Gasteiger partial charge in [-0.1, -0.05) is 0 Å². The molecule has 9 nitrogen and oxygen atoms in total. The molecule has 1 aromatic carbocycles. The Balaban J connectivity index is 1.84. The summed E-state index contributed by atoms with van der Waals surface area (Å²) in [5.74, 6) is -0.0781. The van der Waals surface area contributed by atoms with Gasteiger partial charge in [-0.2, -0.15) is 13.2 Å². The number of hydrogen-bond donors (Lipinski definition) is 1. The van der Waals surface area contributed by atoms with Gasteiger partial charge in [-0.15, -0.1) is 0 Å². The zero-order valence-corrected chi connectivity index (χ0v) is 19.4. The van der Waals surface area contributed by atoms with E-state index in [1.165, 1.54) is 11.9 Å². The van der Waals surface area contributed by atoms with Crippen molar-refractivity contribution in [3.63, 3.8) is 0 Å². The highest BCUT2D eigenvalue weighted by atomic mass is 19.4. The van der Waals surface area contributed by atoms with Gasteiger partial charge in [-0.05, 0) is 38.8 Å². The third-order valence-corrected chi connectivity index (χ3v) is 5.05. The predicted molar refractivity (Wildman–Crippen MR) is 117 cm³/mol. The Labute approximate surface area is 196 Å². The molecule has 0 spiro atoms. The molecular formula is C22H30F3N3O6. The average molecular weight is 489 g/mol. The molecule has 1 heterocycles. The van der Waals surface area contributed by atoms with Crippen LogP contribution in [0.15, 0.2) is 18.2 Å². The number of carbonyl (C=O) groups is 3. The van der Waals surface area contributed by atoms with Crippen LogP contribution >= 0.6 is 0 Å². The normalized spacial score (nSPS) is 14.4. The van der Waals surface area contributed by atoms with Gasteiger partial charge in [0.25, 0.3) is 0 Å². The first-order valence-electron chi connectivity index (χ1n) is 11.0. The van der Waals surface area contributed by atoms with Gasteiger partial charge < -0.3 is 29.3 Å². The summed E-state index contributed by atoms with van der Waals surface area (Å²) in [5.41, 5.74) is 0.489. The summed E-state index contributed by atoms with van der Waals surface area (Å²) >= 11 is 0. The SMILES string of the molecule is CCOc1ccc(NC(=O)CN(C)C(=O)C2CCN(C(=O)OCC(F)(F)F)CC2)cc1OCC. The molecule has 34 heavy (non-hydrogen) atoms. The monoisotopic (exact) mass is 489 g/mol. The maximum absolute atomic E-state index is 12.7. The second-order valence-electron chi connectivity index (χ2n) is 7.70. The summed E-state index contributed by atoms with van der Waals surface area (Å²) in [5, 5.41) is 2.72. The fourth-order valence-electron chi connectivity index (χ4n) is 3.48. The van der Waals surface area contributed by atoms with Crippen molar-refractivity contribution in [2.24, 2.45) is 5.92 Å². The zero-order valence-electron chi connectivity index (χ0n) is 19.4. The number of piperidine rings is 1. The van der Waals surface area contributed by atoms with Crippen molar-refractivity contribution in [3.8, 4) is 11.5 Å². The van der Waals surface area contributed by atoms with Gasteiger partial charge in [0.1, 0.15) is 0 Å². The second kappa shape index (κ2) is 12.3. The molecule has 0 saturated carbocycles. The molecule has 0 aliphatic carbocycles. The van der Waals surface area contributed by atoms with Gasteiger partial charge in [0.2, 0.25) is 11.8 Å². The fraction of sp³-hybridized carbons (Fsp3) is 0.591. The summed E-state index contributed by atoms with van der Waals surface area (Å²) < 4.78 is 51.8. The minimum Gasteiger partial charge on any atom is -0.490 e. The molecule has 0 radical (unpaired) electrons. The Bertz CT molecular complexity index is 857. The van der Waals surface area contributed by atoms with E-state index in [0.717, 1.165) is 4.90 Å². The van der Waals surface area contributed by atoms with Crippen LogP contribution in [0.4, 0.5) is 23.7 Å². The first kappa shape index (κ1) is 27.1. The van der Waals surface area contributed by atoms with Crippen molar-refractivity contribution in [1.82, 2.24) is 9.80 Å². The number of benzene rings is 1. The van der Waals surface area contributed by atoms with Crippen LogP contribution in [-0.4, -0.2) is 80.4 Å². The molecule has 12 heteroatoms. The molecule has 0 atom stereocenters. The lowest BCUT2D eigenvalue weighted by molar-refractivity contribution is -0.162. The molecule has 0 bridgehead atoms. The van der Waals surface area contributed by atoms with Crippen molar-refractivity contribution >= 4 is 23.6 Å². The summed E-state index contributed by atoms with van der Waals surface area (Å²) in [6, 6.07) is 5.00. The maximum atomic E-state index is 12.7. The number of ether oxygens (including phenoxy) is 3. The molecule has 2 rings (SSSR count). The number of alkyl halides is 3. The van der Waals surface area contributed by atoms with Crippen LogP contribution in [0.25, 0.3) is 0 Å². The topological polar surface area (TPSA) is 97.4 Å². The van der Waals surface area contributed by atoms with Gasteiger partial charge in [0.05, 0.1) is 19.8 Å². The number of halogens is 3. The van der Waals surface area contributed by atoms with Crippen LogP contribution in [0.2, 0.25) is 0 Å². The van der Waals surface area contributed by atoms with E-state index in [4.69, 9.17) is 9.47 Å². The molecule has 0 aromatic heterocycles. The van der Waals surface area contributed by atoms with E-state index in [1.54, 1.807) is 18.2 Å². The number of nitrogens with zero attached hydrogens (tertiary/aromatic N) is 2. The number of nitrogens with one attached hydrogen (secondary N) is 1. The Morgan fingerprint density at radius 1 is 1.09 bits per heavy atom.